The van der Waals surface area contributed by atoms with Crippen LogP contribution in [0.5, 0.6) is 11.5 Å². The molecule has 0 unspecified atom stereocenters. The number of hydrogen-bond acceptors (Lipinski definition) is 4. The quantitative estimate of drug-likeness (QED) is 0.604. The lowest BCUT2D eigenvalue weighted by Gasteiger charge is -2.14. The first kappa shape index (κ1) is 18.5. The molecule has 0 fully saturated rings. The second-order valence-electron chi connectivity index (χ2n) is 6.02. The van der Waals surface area contributed by atoms with E-state index in [1.54, 1.807) is 36.2 Å². The summed E-state index contributed by atoms with van der Waals surface area (Å²) in [6, 6.07) is 14.5. The van der Waals surface area contributed by atoms with Crippen molar-refractivity contribution in [3.05, 3.63) is 66.5 Å². The molecule has 6 nitrogen and oxygen atoms in total. The van der Waals surface area contributed by atoms with Crippen LogP contribution >= 0.6 is 0 Å². The maximum absolute atomic E-state index is 12.7. The highest BCUT2D eigenvalue weighted by Crippen LogP contribution is 2.30. The summed E-state index contributed by atoms with van der Waals surface area (Å²) in [4.78, 5) is 12.7. The Bertz CT molecular complexity index is 874. The number of amides is 1. The van der Waals surface area contributed by atoms with E-state index >= 15 is 0 Å². The van der Waals surface area contributed by atoms with Crippen LogP contribution in [0.15, 0.2) is 60.9 Å². The Kier molecular flexibility index (Phi) is 6.10. The molecule has 0 aliphatic carbocycles. The van der Waals surface area contributed by atoms with E-state index in [4.69, 9.17) is 9.47 Å². The van der Waals surface area contributed by atoms with Crippen molar-refractivity contribution >= 4 is 11.6 Å². The predicted molar refractivity (Wildman–Crippen MR) is 105 cm³/mol. The number of hydrogen-bond donors (Lipinski definition) is 1. The molecule has 0 spiro atoms. The number of rotatable bonds is 8. The van der Waals surface area contributed by atoms with E-state index in [9.17, 15) is 4.79 Å². The van der Waals surface area contributed by atoms with Crippen molar-refractivity contribution in [1.82, 2.24) is 9.78 Å². The first-order valence-electron chi connectivity index (χ1n) is 8.93. The van der Waals surface area contributed by atoms with Crippen LogP contribution < -0.4 is 14.8 Å². The van der Waals surface area contributed by atoms with Gasteiger partial charge in [0, 0.05) is 24.0 Å². The maximum atomic E-state index is 12.7. The van der Waals surface area contributed by atoms with Gasteiger partial charge in [-0.2, -0.15) is 5.10 Å². The van der Waals surface area contributed by atoms with Gasteiger partial charge < -0.3 is 14.8 Å². The Balaban J connectivity index is 1.76. The molecule has 27 heavy (non-hydrogen) atoms. The molecule has 0 saturated heterocycles. The topological polar surface area (TPSA) is 65.4 Å². The highest BCUT2D eigenvalue weighted by atomic mass is 16.5. The first-order chi connectivity index (χ1) is 13.2. The van der Waals surface area contributed by atoms with Crippen LogP contribution in [-0.2, 0) is 0 Å². The fraction of sp³-hybridized carbons (Fsp3) is 0.238. The standard InChI is InChI=1S/C21H23N3O3/c1-3-4-14-27-20-11-10-18(26-2)15-19(20)23-21(25)16-6-8-17(9-7-16)24-13-5-12-22-24/h5-13,15H,3-4,14H2,1-2H3,(H,23,25). The number of carbonyl (C=O) groups excluding carboxylic acids is 1. The zero-order valence-electron chi connectivity index (χ0n) is 15.5. The summed E-state index contributed by atoms with van der Waals surface area (Å²) in [7, 11) is 1.59. The van der Waals surface area contributed by atoms with Gasteiger partial charge in [-0.05, 0) is 48.9 Å². The Morgan fingerprint density at radius 2 is 2.00 bits per heavy atom. The van der Waals surface area contributed by atoms with Crippen LogP contribution in [0.25, 0.3) is 5.69 Å². The van der Waals surface area contributed by atoms with Gasteiger partial charge in [-0.3, -0.25) is 4.79 Å². The van der Waals surface area contributed by atoms with Crippen molar-refractivity contribution in [1.29, 1.82) is 0 Å². The zero-order chi connectivity index (χ0) is 19.1. The first-order valence-corrected chi connectivity index (χ1v) is 8.93. The summed E-state index contributed by atoms with van der Waals surface area (Å²) >= 11 is 0. The number of methoxy groups -OCH3 is 1. The summed E-state index contributed by atoms with van der Waals surface area (Å²) in [5, 5.41) is 7.10. The summed E-state index contributed by atoms with van der Waals surface area (Å²) in [5.74, 6) is 1.07. The summed E-state index contributed by atoms with van der Waals surface area (Å²) in [6.45, 7) is 2.71. The lowest BCUT2D eigenvalue weighted by Crippen LogP contribution is -2.13. The smallest absolute Gasteiger partial charge is 0.255 e. The van der Waals surface area contributed by atoms with Crippen LogP contribution in [0.2, 0.25) is 0 Å². The number of unbranched alkanes of at least 4 members (excludes halogenated alkanes) is 1. The average Bonchev–Trinajstić information content (AvgIpc) is 3.24. The molecule has 0 aliphatic rings. The predicted octanol–water partition coefficient (Wildman–Crippen LogP) is 4.31. The lowest BCUT2D eigenvalue weighted by atomic mass is 10.2. The second kappa shape index (κ2) is 8.89. The van der Waals surface area contributed by atoms with Crippen LogP contribution in [0.4, 0.5) is 5.69 Å². The van der Waals surface area contributed by atoms with Gasteiger partial charge in [-0.1, -0.05) is 13.3 Å². The van der Waals surface area contributed by atoms with Gasteiger partial charge >= 0.3 is 0 Å². The minimum atomic E-state index is -0.212. The lowest BCUT2D eigenvalue weighted by molar-refractivity contribution is 0.102. The summed E-state index contributed by atoms with van der Waals surface area (Å²) in [6.07, 6.45) is 5.56. The number of ether oxygens (including phenoxy) is 2. The molecule has 140 valence electrons. The molecule has 1 heterocycles. The SMILES string of the molecule is CCCCOc1ccc(OC)cc1NC(=O)c1ccc(-n2cccn2)cc1. The molecular formula is C21H23N3O3. The van der Waals surface area contributed by atoms with E-state index in [2.05, 4.69) is 17.3 Å². The fourth-order valence-corrected chi connectivity index (χ4v) is 2.57. The Labute approximate surface area is 158 Å². The molecule has 1 aromatic heterocycles. The van der Waals surface area contributed by atoms with Gasteiger partial charge in [-0.25, -0.2) is 4.68 Å². The van der Waals surface area contributed by atoms with Crippen LogP contribution in [0.3, 0.4) is 0 Å². The Morgan fingerprint density at radius 1 is 1.19 bits per heavy atom. The van der Waals surface area contributed by atoms with E-state index in [0.29, 0.717) is 29.4 Å². The Hall–Kier alpha value is -3.28. The van der Waals surface area contributed by atoms with E-state index in [-0.39, 0.29) is 5.91 Å². The molecule has 2 aromatic carbocycles. The van der Waals surface area contributed by atoms with E-state index in [1.165, 1.54) is 0 Å². The molecule has 6 heteroatoms. The molecular weight excluding hydrogens is 342 g/mol. The van der Waals surface area contributed by atoms with Gasteiger partial charge in [0.2, 0.25) is 0 Å². The molecule has 0 radical (unpaired) electrons. The normalized spacial score (nSPS) is 10.4. The second-order valence-corrected chi connectivity index (χ2v) is 6.02. The number of nitrogens with one attached hydrogen (secondary N) is 1. The minimum absolute atomic E-state index is 0.212. The minimum Gasteiger partial charge on any atom is -0.497 e. The average molecular weight is 365 g/mol. The van der Waals surface area contributed by atoms with Crippen molar-refractivity contribution < 1.29 is 14.3 Å². The third-order valence-corrected chi connectivity index (χ3v) is 4.09. The molecule has 0 saturated carbocycles. The number of nitrogens with zero attached hydrogens (tertiary/aromatic N) is 2. The van der Waals surface area contributed by atoms with Gasteiger partial charge in [0.05, 0.1) is 25.1 Å². The number of aromatic nitrogens is 2. The van der Waals surface area contributed by atoms with E-state index < -0.39 is 0 Å². The number of benzene rings is 2. The largest absolute Gasteiger partial charge is 0.497 e. The van der Waals surface area contributed by atoms with E-state index in [0.717, 1.165) is 18.5 Å². The maximum Gasteiger partial charge on any atom is 0.255 e. The van der Waals surface area contributed by atoms with Crippen molar-refractivity contribution in [2.24, 2.45) is 0 Å². The van der Waals surface area contributed by atoms with Crippen molar-refractivity contribution in [3.8, 4) is 17.2 Å². The third-order valence-electron chi connectivity index (χ3n) is 4.09. The monoisotopic (exact) mass is 365 g/mol. The highest BCUT2D eigenvalue weighted by molar-refractivity contribution is 6.05. The molecule has 1 amide bonds. The van der Waals surface area contributed by atoms with Crippen LogP contribution in [0.1, 0.15) is 30.1 Å². The summed E-state index contributed by atoms with van der Waals surface area (Å²) < 4.78 is 12.8. The van der Waals surface area contributed by atoms with E-state index in [1.807, 2.05) is 36.5 Å². The molecule has 0 aliphatic heterocycles. The highest BCUT2D eigenvalue weighted by Gasteiger charge is 2.12. The van der Waals surface area contributed by atoms with Crippen molar-refractivity contribution in [2.75, 3.05) is 19.0 Å². The summed E-state index contributed by atoms with van der Waals surface area (Å²) in [5.41, 5.74) is 2.03. The molecule has 3 rings (SSSR count). The van der Waals surface area contributed by atoms with Crippen LogP contribution in [0, 0.1) is 0 Å². The van der Waals surface area contributed by atoms with Gasteiger partial charge in [0.15, 0.2) is 0 Å². The van der Waals surface area contributed by atoms with Crippen LogP contribution in [-0.4, -0.2) is 29.4 Å². The number of carbonyl (C=O) groups is 1. The van der Waals surface area contributed by atoms with Crippen molar-refractivity contribution in [2.45, 2.75) is 19.8 Å². The molecule has 0 atom stereocenters. The molecule has 1 N–H and O–H groups in total. The number of anilines is 1. The molecule has 0 bridgehead atoms. The van der Waals surface area contributed by atoms with Crippen molar-refractivity contribution in [3.63, 3.8) is 0 Å². The Morgan fingerprint density at radius 3 is 2.67 bits per heavy atom. The zero-order valence-corrected chi connectivity index (χ0v) is 15.5. The van der Waals surface area contributed by atoms with Gasteiger partial charge in [-0.15, -0.1) is 0 Å². The fourth-order valence-electron chi connectivity index (χ4n) is 2.57. The molecule has 3 aromatic rings. The van der Waals surface area contributed by atoms with Gasteiger partial charge in [0.1, 0.15) is 11.5 Å². The van der Waals surface area contributed by atoms with Gasteiger partial charge in [0.25, 0.3) is 5.91 Å². The third kappa shape index (κ3) is 4.67.